The Balaban J connectivity index is 3.36. The molecule has 58 valence electrons. The summed E-state index contributed by atoms with van der Waals surface area (Å²) in [6, 6.07) is 3.17. The van der Waals surface area contributed by atoms with E-state index in [0.29, 0.717) is 13.3 Å². The summed E-state index contributed by atoms with van der Waals surface area (Å²) < 4.78 is 24.7. The minimum atomic E-state index is -1.17. The van der Waals surface area contributed by atoms with Crippen LogP contribution in [0.1, 0.15) is 0 Å². The van der Waals surface area contributed by atoms with E-state index in [2.05, 4.69) is 31.9 Å². The molecule has 0 amide bonds. The van der Waals surface area contributed by atoms with Crippen LogP contribution in [0, 0.1) is 5.82 Å². The third-order valence-electron chi connectivity index (χ3n) is 1.11. The van der Waals surface area contributed by atoms with Gasteiger partial charge in [-0.2, -0.15) is 0 Å². The van der Waals surface area contributed by atoms with Gasteiger partial charge in [-0.05, 0) is 0 Å². The van der Waals surface area contributed by atoms with Gasteiger partial charge in [0.1, 0.15) is 0 Å². The number of benzene rings is 1. The van der Waals surface area contributed by atoms with Crippen molar-refractivity contribution < 1.29 is 8.13 Å². The summed E-state index contributed by atoms with van der Waals surface area (Å²) >= 11 is 4.85. The van der Waals surface area contributed by atoms with Crippen molar-refractivity contribution in [2.75, 3.05) is 0 Å². The fourth-order valence-electron chi connectivity index (χ4n) is 0.586. The van der Waals surface area contributed by atoms with Crippen LogP contribution in [0.25, 0.3) is 0 Å². The molecule has 0 aromatic heterocycles. The number of rotatable bonds is 1. The maximum absolute atomic E-state index is 13.0. The van der Waals surface area contributed by atoms with E-state index in [4.69, 9.17) is 0 Å². The van der Waals surface area contributed by atoms with E-state index < -0.39 is 21.5 Å². The Labute approximate surface area is 86.5 Å². The molecule has 1 rings (SSSR count). The Morgan fingerprint density at radius 3 is 2.55 bits per heavy atom. The first-order chi connectivity index (χ1) is 5.16. The molecule has 0 bridgehead atoms. The molecule has 0 heterocycles. The Kier molecular flexibility index (Phi) is 3.41. The normalized spacial score (nSPS) is 10.5. The van der Waals surface area contributed by atoms with Crippen LogP contribution in [0.3, 0.4) is 0 Å². The fourth-order valence-corrected chi connectivity index (χ4v) is 2.56. The predicted octanol–water partition coefficient (Wildman–Crippen LogP) is 2.03. The number of hydrogen-bond acceptors (Lipinski definition) is 1. The third kappa shape index (κ3) is 1.98. The van der Waals surface area contributed by atoms with Crippen molar-refractivity contribution in [2.45, 2.75) is 0 Å². The van der Waals surface area contributed by atoms with Gasteiger partial charge in [0.05, 0.1) is 0 Å². The monoisotopic (exact) mass is 342 g/mol. The second-order valence-corrected chi connectivity index (χ2v) is 4.83. The third-order valence-corrected chi connectivity index (χ3v) is 4.36. The van der Waals surface area contributed by atoms with Crippen molar-refractivity contribution in [2.24, 2.45) is 0 Å². The van der Waals surface area contributed by atoms with E-state index in [9.17, 15) is 8.13 Å². The predicted molar refractivity (Wildman–Crippen MR) is 47.9 cm³/mol. The van der Waals surface area contributed by atoms with Crippen molar-refractivity contribution >= 4 is 51.9 Å². The van der Waals surface area contributed by atoms with Gasteiger partial charge in [-0.1, -0.05) is 0 Å². The van der Waals surface area contributed by atoms with Crippen LogP contribution in [0.2, 0.25) is 0 Å². The molecule has 0 aliphatic rings. The summed E-state index contributed by atoms with van der Waals surface area (Å²) in [6.07, 6.45) is 0. The van der Waals surface area contributed by atoms with E-state index in [1.165, 1.54) is 0 Å². The van der Waals surface area contributed by atoms with Crippen LogP contribution in [0.15, 0.2) is 21.1 Å². The molecule has 0 atom stereocenters. The zero-order valence-electron chi connectivity index (χ0n) is 5.14. The zero-order chi connectivity index (χ0) is 8.43. The van der Waals surface area contributed by atoms with E-state index in [1.54, 1.807) is 12.1 Å². The van der Waals surface area contributed by atoms with Gasteiger partial charge in [-0.3, -0.25) is 0 Å². The molecule has 0 aliphatic carbocycles. The van der Waals surface area contributed by atoms with Crippen molar-refractivity contribution in [3.8, 4) is 0 Å². The molecule has 1 nitrogen and oxygen atoms in total. The van der Waals surface area contributed by atoms with Gasteiger partial charge in [0.15, 0.2) is 0 Å². The first-order valence-electron chi connectivity index (χ1n) is 2.63. The van der Waals surface area contributed by atoms with Crippen LogP contribution in [-0.2, 0) is 3.74 Å². The molecule has 11 heavy (non-hydrogen) atoms. The molecule has 0 saturated carbocycles. The summed E-state index contributed by atoms with van der Waals surface area (Å²) in [7, 11) is 0. The number of halogens is 3. The Hall–Kier alpha value is 0.468. The number of hydrogen-bond donors (Lipinski definition) is 0. The van der Waals surface area contributed by atoms with Crippen molar-refractivity contribution in [3.05, 3.63) is 26.9 Å². The second kappa shape index (κ2) is 3.92. The summed E-state index contributed by atoms with van der Waals surface area (Å²) in [6.45, 7) is 0. The van der Waals surface area contributed by atoms with Crippen molar-refractivity contribution in [3.63, 3.8) is 0 Å². The Morgan fingerprint density at radius 1 is 1.36 bits per heavy atom. The summed E-state index contributed by atoms with van der Waals surface area (Å²) in [5.74, 6) is -0.395. The first kappa shape index (κ1) is 9.56. The molecule has 1 aromatic carbocycles. The van der Waals surface area contributed by atoms with E-state index in [-0.39, 0.29) is 0 Å². The van der Waals surface area contributed by atoms with Crippen LogP contribution in [0.5, 0.6) is 0 Å². The Bertz CT molecular complexity index is 303. The standard InChI is InChI=1S/C6H2AsBr2FO/c8-4-2-1-3(7-11)5(9)6(4)10/h1-2H. The van der Waals surface area contributed by atoms with Gasteiger partial charge in [0, 0.05) is 0 Å². The quantitative estimate of drug-likeness (QED) is 0.563. The van der Waals surface area contributed by atoms with Crippen LogP contribution in [0.4, 0.5) is 4.39 Å². The average Bonchev–Trinajstić information content (AvgIpc) is 2.01. The van der Waals surface area contributed by atoms with Crippen LogP contribution in [-0.4, -0.2) is 15.7 Å². The van der Waals surface area contributed by atoms with Gasteiger partial charge in [0.2, 0.25) is 0 Å². The van der Waals surface area contributed by atoms with E-state index in [0.717, 1.165) is 0 Å². The van der Waals surface area contributed by atoms with E-state index in [1.807, 2.05) is 0 Å². The fraction of sp³-hybridized carbons (Fsp3) is 0. The summed E-state index contributed by atoms with van der Waals surface area (Å²) in [4.78, 5) is 0. The molecular formula is C6H2AsBr2FO. The molecule has 0 unspecified atom stereocenters. The van der Waals surface area contributed by atoms with Gasteiger partial charge in [-0.15, -0.1) is 0 Å². The summed E-state index contributed by atoms with van der Waals surface area (Å²) in [5.41, 5.74) is 0. The van der Waals surface area contributed by atoms with Crippen molar-refractivity contribution in [1.29, 1.82) is 0 Å². The molecule has 5 heteroatoms. The average molecular weight is 344 g/mol. The van der Waals surface area contributed by atoms with Gasteiger partial charge < -0.3 is 0 Å². The molecule has 0 saturated heterocycles. The molecule has 0 N–H and O–H groups in total. The van der Waals surface area contributed by atoms with Gasteiger partial charge in [0.25, 0.3) is 0 Å². The van der Waals surface area contributed by atoms with Gasteiger partial charge in [-0.25, -0.2) is 0 Å². The maximum atomic E-state index is 13.0. The van der Waals surface area contributed by atoms with Crippen molar-refractivity contribution in [1.82, 2.24) is 0 Å². The van der Waals surface area contributed by atoms with Crippen LogP contribution < -0.4 is 4.35 Å². The van der Waals surface area contributed by atoms with Gasteiger partial charge >= 0.3 is 86.9 Å². The molecular weight excluding hydrogens is 342 g/mol. The first-order valence-corrected chi connectivity index (χ1v) is 5.92. The van der Waals surface area contributed by atoms with Crippen LogP contribution >= 0.6 is 31.9 Å². The molecule has 0 radical (unpaired) electrons. The molecule has 0 fully saturated rings. The Morgan fingerprint density at radius 2 is 2.00 bits per heavy atom. The summed E-state index contributed by atoms with van der Waals surface area (Å²) in [5, 5.41) is 0. The zero-order valence-corrected chi connectivity index (χ0v) is 10.2. The topological polar surface area (TPSA) is 17.1 Å². The minimum absolute atomic E-state index is 0.293. The molecule has 0 spiro atoms. The molecule has 1 aromatic rings. The van der Waals surface area contributed by atoms with E-state index >= 15 is 0 Å². The second-order valence-electron chi connectivity index (χ2n) is 1.79. The SMILES string of the molecule is O=[As]c1ccc(Br)c(F)c1Br. The molecule has 0 aliphatic heterocycles.